The molecule has 0 N–H and O–H groups in total. The van der Waals surface area contributed by atoms with Crippen LogP contribution in [0.4, 0.5) is 4.39 Å². The molecule has 0 unspecified atom stereocenters. The Hall–Kier alpha value is -0.710. The second-order valence-electron chi connectivity index (χ2n) is 5.72. The lowest BCUT2D eigenvalue weighted by molar-refractivity contribution is 0.558. The van der Waals surface area contributed by atoms with Crippen LogP contribution in [0, 0.1) is 5.82 Å². The highest BCUT2D eigenvalue weighted by Crippen LogP contribution is 2.33. The number of hydrogen-bond donors (Lipinski definition) is 0. The van der Waals surface area contributed by atoms with Crippen LogP contribution in [-0.2, 0) is 11.8 Å². The Labute approximate surface area is 141 Å². The van der Waals surface area contributed by atoms with Gasteiger partial charge in [-0.25, -0.2) is 14.4 Å². The fraction of sp³-hybridized carbons (Fsp3) is 0.333. The van der Waals surface area contributed by atoms with E-state index in [4.69, 9.17) is 23.2 Å². The van der Waals surface area contributed by atoms with Gasteiger partial charge in [0.2, 0.25) is 0 Å². The van der Waals surface area contributed by atoms with Crippen molar-refractivity contribution < 1.29 is 4.39 Å². The summed E-state index contributed by atoms with van der Waals surface area (Å²) in [6, 6.07) is 4.58. The van der Waals surface area contributed by atoms with Gasteiger partial charge in [-0.2, -0.15) is 0 Å². The fourth-order valence-electron chi connectivity index (χ4n) is 1.90. The molecule has 1 aromatic carbocycles. The minimum atomic E-state index is -0.373. The lowest BCUT2D eigenvalue weighted by Crippen LogP contribution is -2.17. The highest BCUT2D eigenvalue weighted by atomic mass is 79.9. The van der Waals surface area contributed by atoms with Crippen LogP contribution in [0.5, 0.6) is 0 Å². The van der Waals surface area contributed by atoms with Gasteiger partial charge in [-0.05, 0) is 28.1 Å². The summed E-state index contributed by atoms with van der Waals surface area (Å²) >= 11 is 15.6. The predicted octanol–water partition coefficient (Wildman–Crippen LogP) is 5.57. The number of halogens is 4. The van der Waals surface area contributed by atoms with Gasteiger partial charge in [-0.15, -0.1) is 0 Å². The normalized spacial score (nSPS) is 11.8. The van der Waals surface area contributed by atoms with Crippen molar-refractivity contribution in [3.05, 3.63) is 55.7 Å². The quantitative estimate of drug-likeness (QED) is 0.625. The maximum Gasteiger partial charge on any atom is 0.147 e. The second kappa shape index (κ2) is 6.19. The third-order valence-corrected chi connectivity index (χ3v) is 4.57. The van der Waals surface area contributed by atoms with Crippen molar-refractivity contribution >= 4 is 39.1 Å². The maximum atomic E-state index is 13.9. The minimum absolute atomic E-state index is 0.196. The first-order valence-electron chi connectivity index (χ1n) is 6.35. The first kappa shape index (κ1) is 16.7. The zero-order valence-electron chi connectivity index (χ0n) is 11.8. The van der Waals surface area contributed by atoms with Crippen molar-refractivity contribution in [1.82, 2.24) is 9.97 Å². The lowest BCUT2D eigenvalue weighted by Gasteiger charge is -2.20. The zero-order valence-corrected chi connectivity index (χ0v) is 14.9. The van der Waals surface area contributed by atoms with Gasteiger partial charge in [0.25, 0.3) is 0 Å². The average Bonchev–Trinajstić information content (AvgIpc) is 2.36. The van der Waals surface area contributed by atoms with E-state index < -0.39 is 0 Å². The highest BCUT2D eigenvalue weighted by molar-refractivity contribution is 9.10. The minimum Gasteiger partial charge on any atom is -0.236 e. The highest BCUT2D eigenvalue weighted by Gasteiger charge is 2.23. The number of nitrogens with zero attached hydrogens (tertiary/aromatic N) is 2. The summed E-state index contributed by atoms with van der Waals surface area (Å²) in [6.45, 7) is 6.07. The topological polar surface area (TPSA) is 25.8 Å². The molecular weight excluding hydrogens is 378 g/mol. The molecule has 0 amide bonds. The number of benzene rings is 1. The van der Waals surface area contributed by atoms with Crippen LogP contribution in [-0.4, -0.2) is 9.97 Å². The van der Waals surface area contributed by atoms with E-state index in [1.165, 1.54) is 6.07 Å². The maximum absolute atomic E-state index is 13.9. The van der Waals surface area contributed by atoms with E-state index in [-0.39, 0.29) is 17.7 Å². The van der Waals surface area contributed by atoms with Gasteiger partial charge in [-0.1, -0.05) is 50.0 Å². The molecule has 2 rings (SSSR count). The molecule has 0 fully saturated rings. The Morgan fingerprint density at radius 3 is 2.43 bits per heavy atom. The first-order chi connectivity index (χ1) is 9.70. The summed E-state index contributed by atoms with van der Waals surface area (Å²) in [4.78, 5) is 8.72. The smallest absolute Gasteiger partial charge is 0.147 e. The standard InChI is InChI=1S/C15H14BrCl2FN2/c1-15(2,3)13-12(16)14(18)21-11(20-13)7-8-9(17)5-4-6-10(8)19/h4-6H,7H2,1-3H3. The van der Waals surface area contributed by atoms with Crippen LogP contribution in [0.2, 0.25) is 10.2 Å². The number of hydrogen-bond acceptors (Lipinski definition) is 2. The third kappa shape index (κ3) is 3.74. The molecule has 0 aliphatic carbocycles. The summed E-state index contributed by atoms with van der Waals surface area (Å²) in [5.74, 6) is 0.0718. The van der Waals surface area contributed by atoms with Crippen molar-refractivity contribution in [2.24, 2.45) is 0 Å². The van der Waals surface area contributed by atoms with Gasteiger partial charge in [0, 0.05) is 22.4 Å². The average molecular weight is 392 g/mol. The van der Waals surface area contributed by atoms with Gasteiger partial charge in [0.05, 0.1) is 10.2 Å². The van der Waals surface area contributed by atoms with Gasteiger partial charge in [0.15, 0.2) is 0 Å². The van der Waals surface area contributed by atoms with Gasteiger partial charge in [-0.3, -0.25) is 0 Å². The molecule has 0 spiro atoms. The molecule has 0 radical (unpaired) electrons. The van der Waals surface area contributed by atoms with Crippen LogP contribution in [0.25, 0.3) is 0 Å². The molecule has 0 aliphatic rings. The summed E-state index contributed by atoms with van der Waals surface area (Å²) < 4.78 is 14.5. The molecule has 0 saturated carbocycles. The van der Waals surface area contributed by atoms with E-state index in [1.807, 2.05) is 20.8 Å². The molecule has 112 valence electrons. The molecule has 21 heavy (non-hydrogen) atoms. The Balaban J connectivity index is 2.49. The molecule has 0 aliphatic heterocycles. The van der Waals surface area contributed by atoms with E-state index in [0.717, 1.165) is 5.69 Å². The Morgan fingerprint density at radius 1 is 1.19 bits per heavy atom. The van der Waals surface area contributed by atoms with E-state index in [1.54, 1.807) is 12.1 Å². The molecule has 0 atom stereocenters. The Kier molecular flexibility index (Phi) is 4.91. The number of rotatable bonds is 2. The van der Waals surface area contributed by atoms with Gasteiger partial charge in [0.1, 0.15) is 16.8 Å². The Bertz CT molecular complexity index is 664. The molecule has 2 aromatic rings. The fourth-order valence-corrected chi connectivity index (χ4v) is 3.09. The molecule has 2 nitrogen and oxygen atoms in total. The Morgan fingerprint density at radius 2 is 1.86 bits per heavy atom. The van der Waals surface area contributed by atoms with Crippen molar-refractivity contribution in [2.75, 3.05) is 0 Å². The molecule has 6 heteroatoms. The van der Waals surface area contributed by atoms with E-state index in [0.29, 0.717) is 26.0 Å². The van der Waals surface area contributed by atoms with E-state index in [9.17, 15) is 4.39 Å². The van der Waals surface area contributed by atoms with Crippen molar-refractivity contribution in [1.29, 1.82) is 0 Å². The monoisotopic (exact) mass is 390 g/mol. The number of aromatic nitrogens is 2. The second-order valence-corrected chi connectivity index (χ2v) is 7.28. The van der Waals surface area contributed by atoms with Crippen LogP contribution >= 0.6 is 39.1 Å². The van der Waals surface area contributed by atoms with Gasteiger partial charge < -0.3 is 0 Å². The van der Waals surface area contributed by atoms with E-state index in [2.05, 4.69) is 25.9 Å². The largest absolute Gasteiger partial charge is 0.236 e. The summed E-state index contributed by atoms with van der Waals surface area (Å²) in [6.07, 6.45) is 0.196. The van der Waals surface area contributed by atoms with Crippen LogP contribution < -0.4 is 0 Å². The SMILES string of the molecule is CC(C)(C)c1nc(Cc2c(F)cccc2Cl)nc(Cl)c1Br. The van der Waals surface area contributed by atoms with Crippen LogP contribution in [0.3, 0.4) is 0 Å². The van der Waals surface area contributed by atoms with Crippen molar-refractivity contribution in [2.45, 2.75) is 32.6 Å². The third-order valence-electron chi connectivity index (χ3n) is 2.96. The molecule has 0 bridgehead atoms. The van der Waals surface area contributed by atoms with Gasteiger partial charge >= 0.3 is 0 Å². The zero-order chi connectivity index (χ0) is 15.8. The predicted molar refractivity (Wildman–Crippen MR) is 87.7 cm³/mol. The van der Waals surface area contributed by atoms with Crippen LogP contribution in [0.15, 0.2) is 22.7 Å². The molecule has 1 aromatic heterocycles. The van der Waals surface area contributed by atoms with Crippen molar-refractivity contribution in [3.63, 3.8) is 0 Å². The lowest BCUT2D eigenvalue weighted by atomic mass is 9.92. The summed E-state index contributed by atoms with van der Waals surface area (Å²) in [7, 11) is 0. The van der Waals surface area contributed by atoms with Crippen molar-refractivity contribution in [3.8, 4) is 0 Å². The molecule has 0 saturated heterocycles. The molecule has 1 heterocycles. The van der Waals surface area contributed by atoms with E-state index >= 15 is 0 Å². The molecular formula is C15H14BrCl2FN2. The summed E-state index contributed by atoms with van der Waals surface area (Å²) in [5, 5.41) is 0.673. The summed E-state index contributed by atoms with van der Waals surface area (Å²) in [5.41, 5.74) is 0.946. The van der Waals surface area contributed by atoms with Crippen LogP contribution in [0.1, 0.15) is 37.9 Å². The first-order valence-corrected chi connectivity index (χ1v) is 7.90.